The van der Waals surface area contributed by atoms with Crippen LogP contribution in [0.4, 0.5) is 0 Å². The van der Waals surface area contributed by atoms with Gasteiger partial charge in [0.05, 0.1) is 6.61 Å². The maximum Gasteiger partial charge on any atom is 0.0626 e. The fraction of sp³-hybridized carbons (Fsp3) is 1.00. The van der Waals surface area contributed by atoms with Gasteiger partial charge in [0.1, 0.15) is 0 Å². The maximum atomic E-state index is 5.96. The van der Waals surface area contributed by atoms with Gasteiger partial charge in [-0.15, -0.1) is 0 Å². The van der Waals surface area contributed by atoms with Gasteiger partial charge in [0.2, 0.25) is 0 Å². The van der Waals surface area contributed by atoms with Crippen molar-refractivity contribution >= 4 is 0 Å². The average molecular weight is 244 g/mol. The molecule has 5 heteroatoms. The van der Waals surface area contributed by atoms with Gasteiger partial charge < -0.3 is 15.4 Å². The normalized spacial score (nSPS) is 21.0. The summed E-state index contributed by atoms with van der Waals surface area (Å²) in [5.74, 6) is 0. The second kappa shape index (κ2) is 8.00. The molecule has 0 aliphatic carbocycles. The number of ether oxygens (including phenoxy) is 1. The zero-order valence-electron chi connectivity index (χ0n) is 11.6. The molecule has 2 N–H and O–H groups in total. The summed E-state index contributed by atoms with van der Waals surface area (Å²) in [5, 5.41) is 0. The van der Waals surface area contributed by atoms with E-state index < -0.39 is 0 Å². The Morgan fingerprint density at radius 2 is 1.76 bits per heavy atom. The molecule has 0 aromatic rings. The van der Waals surface area contributed by atoms with Crippen molar-refractivity contribution in [3.05, 3.63) is 0 Å². The molecule has 0 aromatic carbocycles. The first kappa shape index (κ1) is 14.9. The highest BCUT2D eigenvalue weighted by molar-refractivity contribution is 4.75. The molecule has 0 saturated carbocycles. The first-order valence-corrected chi connectivity index (χ1v) is 6.45. The number of likely N-dealkylation sites (N-methyl/N-ethyl adjacent to an activating group) is 1. The largest absolute Gasteiger partial charge is 0.383 e. The highest BCUT2D eigenvalue weighted by Gasteiger charge is 2.18. The molecule has 102 valence electrons. The van der Waals surface area contributed by atoms with E-state index in [4.69, 9.17) is 10.5 Å². The Labute approximate surface area is 105 Å². The summed E-state index contributed by atoms with van der Waals surface area (Å²) in [6.07, 6.45) is 0. The van der Waals surface area contributed by atoms with E-state index in [1.54, 1.807) is 7.11 Å². The monoisotopic (exact) mass is 244 g/mol. The summed E-state index contributed by atoms with van der Waals surface area (Å²) >= 11 is 0. The van der Waals surface area contributed by atoms with Crippen molar-refractivity contribution in [3.8, 4) is 0 Å². The fourth-order valence-electron chi connectivity index (χ4n) is 2.14. The number of nitrogens with zero attached hydrogens (tertiary/aromatic N) is 3. The molecule has 0 radical (unpaired) electrons. The molecule has 5 nitrogen and oxygen atoms in total. The van der Waals surface area contributed by atoms with Crippen molar-refractivity contribution in [3.63, 3.8) is 0 Å². The topological polar surface area (TPSA) is 45.0 Å². The summed E-state index contributed by atoms with van der Waals surface area (Å²) in [7, 11) is 5.96. The van der Waals surface area contributed by atoms with Crippen molar-refractivity contribution in [2.75, 3.05) is 73.6 Å². The maximum absolute atomic E-state index is 5.96. The van der Waals surface area contributed by atoms with E-state index in [2.05, 4.69) is 28.8 Å². The zero-order chi connectivity index (χ0) is 12.7. The van der Waals surface area contributed by atoms with E-state index in [1.807, 2.05) is 0 Å². The standard InChI is InChI=1S/C12H28N4O/c1-14(2)4-5-15-6-8-16(9-7-15)10-12(13)11-17-3/h12H,4-11,13H2,1-3H3. The fourth-order valence-corrected chi connectivity index (χ4v) is 2.14. The molecule has 1 saturated heterocycles. The third kappa shape index (κ3) is 6.33. The first-order chi connectivity index (χ1) is 8.11. The Morgan fingerprint density at radius 1 is 1.18 bits per heavy atom. The van der Waals surface area contributed by atoms with Crippen LogP contribution in [0.2, 0.25) is 0 Å². The summed E-state index contributed by atoms with van der Waals surface area (Å²) in [6, 6.07) is 0.147. The predicted octanol–water partition coefficient (Wildman–Crippen LogP) is -0.861. The summed E-state index contributed by atoms with van der Waals surface area (Å²) < 4.78 is 5.06. The second-order valence-corrected chi connectivity index (χ2v) is 5.16. The average Bonchev–Trinajstić information content (AvgIpc) is 2.28. The molecule has 1 atom stereocenters. The third-order valence-electron chi connectivity index (χ3n) is 3.20. The Balaban J connectivity index is 2.12. The van der Waals surface area contributed by atoms with Crippen molar-refractivity contribution < 1.29 is 4.74 Å². The lowest BCUT2D eigenvalue weighted by molar-refractivity contribution is 0.103. The van der Waals surface area contributed by atoms with Crippen LogP contribution in [0.3, 0.4) is 0 Å². The van der Waals surface area contributed by atoms with Crippen molar-refractivity contribution in [1.29, 1.82) is 0 Å². The van der Waals surface area contributed by atoms with E-state index in [1.165, 1.54) is 6.54 Å². The Bertz CT molecular complexity index is 193. The van der Waals surface area contributed by atoms with Gasteiger partial charge in [0, 0.05) is 59.0 Å². The van der Waals surface area contributed by atoms with Crippen molar-refractivity contribution in [2.24, 2.45) is 5.73 Å². The Morgan fingerprint density at radius 3 is 2.29 bits per heavy atom. The highest BCUT2D eigenvalue weighted by Crippen LogP contribution is 2.02. The molecule has 0 bridgehead atoms. The van der Waals surface area contributed by atoms with Crippen LogP contribution < -0.4 is 5.73 Å². The second-order valence-electron chi connectivity index (χ2n) is 5.16. The van der Waals surface area contributed by atoms with Crippen LogP contribution in [-0.2, 0) is 4.74 Å². The van der Waals surface area contributed by atoms with E-state index in [0.717, 1.165) is 39.3 Å². The molecule has 0 spiro atoms. The molecule has 1 heterocycles. The minimum atomic E-state index is 0.147. The van der Waals surface area contributed by atoms with Gasteiger partial charge in [-0.05, 0) is 14.1 Å². The van der Waals surface area contributed by atoms with Crippen LogP contribution in [0.15, 0.2) is 0 Å². The first-order valence-electron chi connectivity index (χ1n) is 6.45. The van der Waals surface area contributed by atoms with Gasteiger partial charge >= 0.3 is 0 Å². The smallest absolute Gasteiger partial charge is 0.0626 e. The van der Waals surface area contributed by atoms with Gasteiger partial charge in [-0.3, -0.25) is 9.80 Å². The molecule has 0 aromatic heterocycles. The van der Waals surface area contributed by atoms with Gasteiger partial charge in [-0.25, -0.2) is 0 Å². The molecule has 1 aliphatic rings. The quantitative estimate of drug-likeness (QED) is 0.631. The van der Waals surface area contributed by atoms with Crippen LogP contribution in [0.25, 0.3) is 0 Å². The highest BCUT2D eigenvalue weighted by atomic mass is 16.5. The lowest BCUT2D eigenvalue weighted by atomic mass is 10.2. The number of piperazine rings is 1. The Kier molecular flexibility index (Phi) is 6.99. The lowest BCUT2D eigenvalue weighted by Crippen LogP contribution is -2.51. The minimum absolute atomic E-state index is 0.147. The molecule has 1 fully saturated rings. The van der Waals surface area contributed by atoms with Gasteiger partial charge in [0.25, 0.3) is 0 Å². The Hall–Kier alpha value is -0.200. The van der Waals surface area contributed by atoms with Crippen molar-refractivity contribution in [2.45, 2.75) is 6.04 Å². The molecule has 0 amide bonds. The molecule has 1 unspecified atom stereocenters. The number of hydrogen-bond acceptors (Lipinski definition) is 5. The molecule has 1 rings (SSSR count). The predicted molar refractivity (Wildman–Crippen MR) is 71.3 cm³/mol. The van der Waals surface area contributed by atoms with Crippen LogP contribution in [0, 0.1) is 0 Å². The van der Waals surface area contributed by atoms with Gasteiger partial charge in [-0.2, -0.15) is 0 Å². The molecular weight excluding hydrogens is 216 g/mol. The zero-order valence-corrected chi connectivity index (χ0v) is 11.6. The van der Waals surface area contributed by atoms with Crippen LogP contribution in [0.5, 0.6) is 0 Å². The number of rotatable bonds is 7. The third-order valence-corrected chi connectivity index (χ3v) is 3.20. The van der Waals surface area contributed by atoms with Crippen LogP contribution in [0.1, 0.15) is 0 Å². The van der Waals surface area contributed by atoms with Crippen LogP contribution in [-0.4, -0.2) is 94.4 Å². The van der Waals surface area contributed by atoms with E-state index in [9.17, 15) is 0 Å². The van der Waals surface area contributed by atoms with Gasteiger partial charge in [0.15, 0.2) is 0 Å². The minimum Gasteiger partial charge on any atom is -0.383 e. The SMILES string of the molecule is COCC(N)CN1CCN(CCN(C)C)CC1. The summed E-state index contributed by atoms with van der Waals surface area (Å²) in [4.78, 5) is 7.20. The lowest BCUT2D eigenvalue weighted by Gasteiger charge is -2.36. The summed E-state index contributed by atoms with van der Waals surface area (Å²) in [6.45, 7) is 8.50. The van der Waals surface area contributed by atoms with Crippen molar-refractivity contribution in [1.82, 2.24) is 14.7 Å². The van der Waals surface area contributed by atoms with E-state index in [-0.39, 0.29) is 6.04 Å². The van der Waals surface area contributed by atoms with Gasteiger partial charge in [-0.1, -0.05) is 0 Å². The number of nitrogens with two attached hydrogens (primary N) is 1. The van der Waals surface area contributed by atoms with E-state index in [0.29, 0.717) is 6.61 Å². The van der Waals surface area contributed by atoms with Crippen LogP contribution >= 0.6 is 0 Å². The summed E-state index contributed by atoms with van der Waals surface area (Å²) in [5.41, 5.74) is 5.96. The number of methoxy groups -OCH3 is 1. The van der Waals surface area contributed by atoms with E-state index >= 15 is 0 Å². The number of hydrogen-bond donors (Lipinski definition) is 1. The molecular formula is C12H28N4O. The molecule has 1 aliphatic heterocycles. The molecule has 17 heavy (non-hydrogen) atoms.